The van der Waals surface area contributed by atoms with Gasteiger partial charge in [0.1, 0.15) is 0 Å². The number of carbonyl (C=O) groups excluding carboxylic acids is 1. The van der Waals surface area contributed by atoms with Gasteiger partial charge < -0.3 is 0 Å². The van der Waals surface area contributed by atoms with E-state index in [1.54, 1.807) is 11.1 Å². The molecule has 0 N–H and O–H groups in total. The van der Waals surface area contributed by atoms with Crippen molar-refractivity contribution in [1.82, 2.24) is 9.97 Å². The van der Waals surface area contributed by atoms with Crippen LogP contribution in [0.15, 0.2) is 36.5 Å². The van der Waals surface area contributed by atoms with Crippen molar-refractivity contribution in [2.45, 2.75) is 39.7 Å². The average molecular weight is 374 g/mol. The number of aromatic nitrogens is 2. The lowest BCUT2D eigenvalue weighted by atomic mass is 10.2. The van der Waals surface area contributed by atoms with Crippen LogP contribution >= 0.6 is 22.9 Å². The summed E-state index contributed by atoms with van der Waals surface area (Å²) in [6.45, 7) is 4.50. The molecule has 25 heavy (non-hydrogen) atoms. The van der Waals surface area contributed by atoms with Gasteiger partial charge in [0, 0.05) is 17.6 Å². The highest BCUT2D eigenvalue weighted by Gasteiger charge is 2.21. The molecular weight excluding hydrogens is 354 g/mol. The number of unbranched alkanes of at least 4 members (excludes halogenated alkanes) is 1. The molecule has 130 valence electrons. The molecule has 0 fully saturated rings. The summed E-state index contributed by atoms with van der Waals surface area (Å²) in [6.07, 6.45) is 4.11. The lowest BCUT2D eigenvalue weighted by Crippen LogP contribution is -2.30. The molecule has 6 heteroatoms. The fraction of sp³-hybridized carbons (Fsp3) is 0.316. The summed E-state index contributed by atoms with van der Waals surface area (Å²) >= 11 is 7.66. The van der Waals surface area contributed by atoms with Crippen molar-refractivity contribution in [2.24, 2.45) is 0 Å². The summed E-state index contributed by atoms with van der Waals surface area (Å²) < 4.78 is 0.995. The highest BCUT2D eigenvalue weighted by atomic mass is 35.5. The first kappa shape index (κ1) is 17.8. The van der Waals surface area contributed by atoms with Crippen molar-refractivity contribution in [3.8, 4) is 0 Å². The summed E-state index contributed by atoms with van der Waals surface area (Å²) in [5, 5.41) is 1.39. The molecule has 3 rings (SSSR count). The van der Waals surface area contributed by atoms with Crippen LogP contribution in [0.3, 0.4) is 0 Å². The zero-order chi connectivity index (χ0) is 17.8. The molecular formula is C19H20ClN3OS. The molecule has 2 heterocycles. The van der Waals surface area contributed by atoms with Crippen molar-refractivity contribution in [1.29, 1.82) is 0 Å². The first-order valence-corrected chi connectivity index (χ1v) is 9.55. The molecule has 0 bridgehead atoms. The van der Waals surface area contributed by atoms with E-state index in [1.807, 2.05) is 37.3 Å². The van der Waals surface area contributed by atoms with E-state index in [9.17, 15) is 4.79 Å². The van der Waals surface area contributed by atoms with Gasteiger partial charge in [-0.05, 0) is 43.2 Å². The monoisotopic (exact) mass is 373 g/mol. The van der Waals surface area contributed by atoms with Gasteiger partial charge in [0.05, 0.1) is 22.5 Å². The Bertz CT molecular complexity index is 879. The van der Waals surface area contributed by atoms with Crippen LogP contribution in [0.2, 0.25) is 5.02 Å². The number of pyridine rings is 1. The van der Waals surface area contributed by atoms with Crippen LogP contribution in [0.5, 0.6) is 0 Å². The van der Waals surface area contributed by atoms with Crippen LogP contribution < -0.4 is 4.90 Å². The fourth-order valence-corrected chi connectivity index (χ4v) is 4.07. The Morgan fingerprint density at radius 3 is 2.88 bits per heavy atom. The van der Waals surface area contributed by atoms with E-state index in [-0.39, 0.29) is 5.91 Å². The molecule has 0 spiro atoms. The Kier molecular flexibility index (Phi) is 5.66. The lowest BCUT2D eigenvalue weighted by molar-refractivity contribution is -0.118. The highest BCUT2D eigenvalue weighted by molar-refractivity contribution is 7.22. The summed E-state index contributed by atoms with van der Waals surface area (Å²) in [4.78, 5) is 23.6. The Labute approximate surface area is 156 Å². The molecule has 0 aliphatic heterocycles. The Balaban J connectivity index is 1.98. The second kappa shape index (κ2) is 7.93. The van der Waals surface area contributed by atoms with Gasteiger partial charge in [-0.1, -0.05) is 42.3 Å². The molecule has 0 atom stereocenters. The number of hydrogen-bond acceptors (Lipinski definition) is 4. The van der Waals surface area contributed by atoms with Crippen LogP contribution in [0.1, 0.15) is 37.4 Å². The fourth-order valence-electron chi connectivity index (χ4n) is 2.64. The lowest BCUT2D eigenvalue weighted by Gasteiger charge is -2.19. The SMILES string of the molecule is CCCCC(=O)N(Cc1ccccn1)c1nc2c(C)cc(Cl)cc2s1. The second-order valence-electron chi connectivity index (χ2n) is 5.97. The van der Waals surface area contributed by atoms with E-state index >= 15 is 0 Å². The predicted molar refractivity (Wildman–Crippen MR) is 104 cm³/mol. The molecule has 0 aliphatic carbocycles. The zero-order valence-electron chi connectivity index (χ0n) is 14.3. The normalized spacial score (nSPS) is 11.0. The molecule has 0 saturated heterocycles. The summed E-state index contributed by atoms with van der Waals surface area (Å²) in [5.41, 5.74) is 2.77. The first-order chi connectivity index (χ1) is 12.1. The highest BCUT2D eigenvalue weighted by Crippen LogP contribution is 2.34. The van der Waals surface area contributed by atoms with E-state index in [1.165, 1.54) is 11.3 Å². The van der Waals surface area contributed by atoms with Crippen molar-refractivity contribution < 1.29 is 4.79 Å². The van der Waals surface area contributed by atoms with Crippen molar-refractivity contribution >= 4 is 44.2 Å². The minimum absolute atomic E-state index is 0.0790. The number of rotatable bonds is 6. The molecule has 0 aliphatic rings. The van der Waals surface area contributed by atoms with Crippen molar-refractivity contribution in [3.05, 3.63) is 52.8 Å². The third-order valence-corrected chi connectivity index (χ3v) is 5.20. The first-order valence-electron chi connectivity index (χ1n) is 8.35. The van der Waals surface area contributed by atoms with Crippen LogP contribution in [0.4, 0.5) is 5.13 Å². The number of aryl methyl sites for hydroxylation is 1. The van der Waals surface area contributed by atoms with E-state index in [4.69, 9.17) is 16.6 Å². The quantitative estimate of drug-likeness (QED) is 0.583. The number of amides is 1. The van der Waals surface area contributed by atoms with Gasteiger partial charge in [0.15, 0.2) is 5.13 Å². The largest absolute Gasteiger partial charge is 0.282 e. The summed E-state index contributed by atoms with van der Waals surface area (Å²) in [6, 6.07) is 9.53. The van der Waals surface area contributed by atoms with E-state index in [0.717, 1.165) is 34.3 Å². The number of fused-ring (bicyclic) bond motifs is 1. The third-order valence-electron chi connectivity index (χ3n) is 3.96. The summed E-state index contributed by atoms with van der Waals surface area (Å²) in [5.74, 6) is 0.0790. The van der Waals surface area contributed by atoms with Crippen molar-refractivity contribution in [3.63, 3.8) is 0 Å². The number of anilines is 1. The van der Waals surface area contributed by atoms with E-state index in [2.05, 4.69) is 11.9 Å². The molecule has 0 unspecified atom stereocenters. The van der Waals surface area contributed by atoms with Gasteiger partial charge >= 0.3 is 0 Å². The average Bonchev–Trinajstić information content (AvgIpc) is 3.02. The van der Waals surface area contributed by atoms with Crippen LogP contribution in [-0.2, 0) is 11.3 Å². The van der Waals surface area contributed by atoms with Gasteiger partial charge in [-0.3, -0.25) is 14.7 Å². The van der Waals surface area contributed by atoms with Gasteiger partial charge in [-0.15, -0.1) is 0 Å². The molecule has 3 aromatic rings. The van der Waals surface area contributed by atoms with Crippen molar-refractivity contribution in [2.75, 3.05) is 4.90 Å². The molecule has 4 nitrogen and oxygen atoms in total. The number of benzene rings is 1. The number of nitrogens with zero attached hydrogens (tertiary/aromatic N) is 3. The third kappa shape index (κ3) is 4.17. The van der Waals surface area contributed by atoms with Gasteiger partial charge in [0.25, 0.3) is 0 Å². The minimum Gasteiger partial charge on any atom is -0.282 e. The van der Waals surface area contributed by atoms with Gasteiger partial charge in [-0.25, -0.2) is 4.98 Å². The topological polar surface area (TPSA) is 46.1 Å². The number of thiazole rings is 1. The van der Waals surface area contributed by atoms with Crippen LogP contribution in [-0.4, -0.2) is 15.9 Å². The van der Waals surface area contributed by atoms with Crippen LogP contribution in [0, 0.1) is 6.92 Å². The number of hydrogen-bond donors (Lipinski definition) is 0. The van der Waals surface area contributed by atoms with E-state index < -0.39 is 0 Å². The predicted octanol–water partition coefficient (Wildman–Crippen LogP) is 5.38. The molecule has 0 saturated carbocycles. The molecule has 1 amide bonds. The van der Waals surface area contributed by atoms with Gasteiger partial charge in [-0.2, -0.15) is 0 Å². The number of carbonyl (C=O) groups is 1. The summed E-state index contributed by atoms with van der Waals surface area (Å²) in [7, 11) is 0. The maximum absolute atomic E-state index is 12.8. The van der Waals surface area contributed by atoms with Crippen LogP contribution in [0.25, 0.3) is 10.2 Å². The Morgan fingerprint density at radius 1 is 1.32 bits per heavy atom. The Hall–Kier alpha value is -1.98. The molecule has 0 radical (unpaired) electrons. The maximum atomic E-state index is 12.8. The Morgan fingerprint density at radius 2 is 2.16 bits per heavy atom. The minimum atomic E-state index is 0.0790. The standard InChI is InChI=1S/C19H20ClN3OS/c1-3-4-8-17(24)23(12-15-7-5-6-9-21-15)19-22-18-13(2)10-14(20)11-16(18)25-19/h5-7,9-11H,3-4,8,12H2,1-2H3. The second-order valence-corrected chi connectivity index (χ2v) is 7.42. The van der Waals surface area contributed by atoms with Gasteiger partial charge in [0.2, 0.25) is 5.91 Å². The smallest absolute Gasteiger partial charge is 0.229 e. The van der Waals surface area contributed by atoms with E-state index in [0.29, 0.717) is 23.1 Å². The number of halogens is 1. The zero-order valence-corrected chi connectivity index (χ0v) is 15.9. The molecule has 1 aromatic carbocycles. The maximum Gasteiger partial charge on any atom is 0.229 e. The molecule has 2 aromatic heterocycles.